The molecule has 2 heterocycles. The van der Waals surface area contributed by atoms with E-state index in [1.807, 2.05) is 84.5 Å². The number of aliphatic hydroxyl groups is 1. The minimum atomic E-state index is -0.856. The number of benzene rings is 3. The van der Waals surface area contributed by atoms with E-state index in [2.05, 4.69) is 16.4 Å². The summed E-state index contributed by atoms with van der Waals surface area (Å²) in [5, 5.41) is 13.3. The number of thioether (sulfide) groups is 1. The molecule has 230 valence electrons. The van der Waals surface area contributed by atoms with Gasteiger partial charge in [-0.1, -0.05) is 72.4 Å². The molecule has 0 spiro atoms. The van der Waals surface area contributed by atoms with Crippen molar-refractivity contribution in [3.05, 3.63) is 107 Å². The summed E-state index contributed by atoms with van der Waals surface area (Å²) in [6, 6.07) is 23.9. The Kier molecular flexibility index (Phi) is 10.5. The van der Waals surface area contributed by atoms with Crippen molar-refractivity contribution in [1.29, 1.82) is 0 Å². The molecule has 1 saturated heterocycles. The van der Waals surface area contributed by atoms with Gasteiger partial charge < -0.3 is 29.2 Å². The molecular weight excluding hydrogens is 578 g/mol. The number of hydrogen-bond acceptors (Lipinski definition) is 8. The number of hydrogen-bond donors (Lipinski definition) is 2. The third kappa shape index (κ3) is 8.15. The fourth-order valence-corrected chi connectivity index (χ4v) is 5.99. The number of aromatic nitrogens is 2. The van der Waals surface area contributed by atoms with E-state index >= 15 is 0 Å². The minimum Gasteiger partial charge on any atom is -0.453 e. The van der Waals surface area contributed by atoms with E-state index in [9.17, 15) is 14.7 Å². The standard InChI is InChI=1S/C34H37N3O6S/c1-22(41-23(2)39)32(40)36-19-25-6-4-7-27(16-25)28-8-5-9-29(17-28)33-42-30(21-44-34-35-14-15-37(34)3)18-31(43-33)26-12-10-24(20-38)11-13-26/h4-17,22,30-31,33,38H,18-21H2,1-3H3,(H,36,40)/t22-,30+,31-,33-/m0/s1. The Labute approximate surface area is 261 Å². The van der Waals surface area contributed by atoms with Crippen LogP contribution in [0.25, 0.3) is 11.1 Å². The van der Waals surface area contributed by atoms with Crippen molar-refractivity contribution in [3.63, 3.8) is 0 Å². The Morgan fingerprint density at radius 1 is 1.05 bits per heavy atom. The van der Waals surface area contributed by atoms with Crippen molar-refractivity contribution < 1.29 is 28.9 Å². The summed E-state index contributed by atoms with van der Waals surface area (Å²) in [7, 11) is 1.98. The first-order valence-corrected chi connectivity index (χ1v) is 15.5. The van der Waals surface area contributed by atoms with Crippen LogP contribution in [0.1, 0.15) is 54.9 Å². The van der Waals surface area contributed by atoms with Gasteiger partial charge in [-0.3, -0.25) is 9.59 Å². The molecule has 3 aromatic carbocycles. The maximum atomic E-state index is 12.3. The highest BCUT2D eigenvalue weighted by Gasteiger charge is 2.32. The van der Waals surface area contributed by atoms with Crippen molar-refractivity contribution in [2.75, 3.05) is 5.75 Å². The van der Waals surface area contributed by atoms with Crippen LogP contribution in [0.3, 0.4) is 0 Å². The number of aliphatic hydroxyl groups excluding tert-OH is 1. The van der Waals surface area contributed by atoms with Gasteiger partial charge in [0.15, 0.2) is 17.6 Å². The van der Waals surface area contributed by atoms with Crippen molar-refractivity contribution in [2.45, 2.75) is 63.2 Å². The maximum absolute atomic E-state index is 12.3. The lowest BCUT2D eigenvalue weighted by Crippen LogP contribution is -2.35. The number of carbonyl (C=O) groups excluding carboxylic acids is 2. The van der Waals surface area contributed by atoms with E-state index in [0.29, 0.717) is 13.0 Å². The van der Waals surface area contributed by atoms with E-state index in [1.54, 1.807) is 24.9 Å². The second kappa shape index (κ2) is 14.7. The molecule has 44 heavy (non-hydrogen) atoms. The van der Waals surface area contributed by atoms with E-state index in [4.69, 9.17) is 14.2 Å². The number of ether oxygens (including phenoxy) is 3. The van der Waals surface area contributed by atoms with Gasteiger partial charge >= 0.3 is 5.97 Å². The molecule has 1 aromatic heterocycles. The molecule has 0 aliphatic carbocycles. The molecule has 5 rings (SSSR count). The predicted molar refractivity (Wildman–Crippen MR) is 167 cm³/mol. The molecule has 1 aliphatic heterocycles. The van der Waals surface area contributed by atoms with Crippen LogP contribution >= 0.6 is 11.8 Å². The molecular formula is C34H37N3O6S. The summed E-state index contributed by atoms with van der Waals surface area (Å²) < 4.78 is 20.1. The van der Waals surface area contributed by atoms with Crippen LogP contribution in [-0.2, 0) is 44.0 Å². The second-order valence-corrected chi connectivity index (χ2v) is 11.8. The third-order valence-electron chi connectivity index (χ3n) is 7.39. The number of imidazole rings is 1. The molecule has 4 atom stereocenters. The lowest BCUT2D eigenvalue weighted by atomic mass is 9.99. The molecule has 0 bridgehead atoms. The van der Waals surface area contributed by atoms with Crippen LogP contribution in [-0.4, -0.2) is 44.5 Å². The normalized spacial score (nSPS) is 18.9. The average Bonchev–Trinajstić information content (AvgIpc) is 3.46. The SMILES string of the molecule is CC(=O)O[C@@H](C)C(=O)NCc1cccc(-c2cccc([C@H]3O[C@@H](CSc4nccn4C)C[C@@H](c4ccc(CO)cc4)O3)c2)c1. The highest BCUT2D eigenvalue weighted by atomic mass is 32.2. The maximum Gasteiger partial charge on any atom is 0.303 e. The van der Waals surface area contributed by atoms with Crippen LogP contribution in [0.2, 0.25) is 0 Å². The van der Waals surface area contributed by atoms with Gasteiger partial charge in [-0.25, -0.2) is 4.98 Å². The van der Waals surface area contributed by atoms with Gasteiger partial charge in [0.25, 0.3) is 5.91 Å². The predicted octanol–water partition coefficient (Wildman–Crippen LogP) is 5.48. The van der Waals surface area contributed by atoms with E-state index in [0.717, 1.165) is 44.3 Å². The number of amides is 1. The minimum absolute atomic E-state index is 0.00572. The Hall–Kier alpha value is -3.96. The van der Waals surface area contributed by atoms with Crippen LogP contribution in [0, 0.1) is 0 Å². The molecule has 1 fully saturated rings. The Balaban J connectivity index is 1.33. The Morgan fingerprint density at radius 2 is 1.80 bits per heavy atom. The van der Waals surface area contributed by atoms with Gasteiger partial charge in [0.05, 0.1) is 18.8 Å². The Bertz CT molecular complexity index is 1570. The molecule has 0 unspecified atom stereocenters. The summed E-state index contributed by atoms with van der Waals surface area (Å²) in [5.74, 6) is -0.126. The van der Waals surface area contributed by atoms with Gasteiger partial charge in [-0.2, -0.15) is 0 Å². The smallest absolute Gasteiger partial charge is 0.303 e. The molecule has 2 N–H and O–H groups in total. The number of nitrogens with zero attached hydrogens (tertiary/aromatic N) is 2. The summed E-state index contributed by atoms with van der Waals surface area (Å²) in [4.78, 5) is 27.9. The Morgan fingerprint density at radius 3 is 2.50 bits per heavy atom. The number of esters is 1. The molecule has 1 amide bonds. The van der Waals surface area contributed by atoms with Gasteiger partial charge in [0.1, 0.15) is 0 Å². The second-order valence-electron chi connectivity index (χ2n) is 10.8. The number of nitrogens with one attached hydrogen (secondary N) is 1. The molecule has 0 saturated carbocycles. The molecule has 0 radical (unpaired) electrons. The monoisotopic (exact) mass is 615 g/mol. The number of rotatable bonds is 11. The summed E-state index contributed by atoms with van der Waals surface area (Å²) in [6.07, 6.45) is 2.71. The highest BCUT2D eigenvalue weighted by Crippen LogP contribution is 2.40. The summed E-state index contributed by atoms with van der Waals surface area (Å²) in [6.45, 7) is 3.12. The fraction of sp³-hybridized carbons (Fsp3) is 0.324. The number of carbonyl (C=O) groups is 2. The van der Waals surface area contributed by atoms with Crippen molar-refractivity contribution >= 4 is 23.6 Å². The van der Waals surface area contributed by atoms with Crippen LogP contribution in [0.5, 0.6) is 0 Å². The van der Waals surface area contributed by atoms with Crippen molar-refractivity contribution in [2.24, 2.45) is 7.05 Å². The first kappa shape index (κ1) is 31.5. The molecule has 10 heteroatoms. The van der Waals surface area contributed by atoms with Crippen LogP contribution in [0.15, 0.2) is 90.3 Å². The van der Waals surface area contributed by atoms with Crippen molar-refractivity contribution in [3.8, 4) is 11.1 Å². The van der Waals surface area contributed by atoms with Gasteiger partial charge in [0.2, 0.25) is 0 Å². The summed E-state index contributed by atoms with van der Waals surface area (Å²) >= 11 is 1.66. The van der Waals surface area contributed by atoms with Gasteiger partial charge in [-0.05, 0) is 46.9 Å². The van der Waals surface area contributed by atoms with Crippen LogP contribution < -0.4 is 5.32 Å². The molecule has 9 nitrogen and oxygen atoms in total. The van der Waals surface area contributed by atoms with Crippen LogP contribution in [0.4, 0.5) is 0 Å². The third-order valence-corrected chi connectivity index (χ3v) is 8.58. The first-order valence-electron chi connectivity index (χ1n) is 14.5. The lowest BCUT2D eigenvalue weighted by molar-refractivity contribution is -0.245. The fourth-order valence-electron chi connectivity index (χ4n) is 5.04. The summed E-state index contributed by atoms with van der Waals surface area (Å²) in [5.41, 5.74) is 5.69. The molecule has 4 aromatic rings. The first-order chi connectivity index (χ1) is 21.3. The zero-order valence-corrected chi connectivity index (χ0v) is 25.8. The van der Waals surface area contributed by atoms with E-state index in [1.165, 1.54) is 6.92 Å². The van der Waals surface area contributed by atoms with E-state index < -0.39 is 18.4 Å². The molecule has 1 aliphatic rings. The zero-order chi connectivity index (χ0) is 31.1. The zero-order valence-electron chi connectivity index (χ0n) is 25.0. The topological polar surface area (TPSA) is 112 Å². The van der Waals surface area contributed by atoms with Gasteiger partial charge in [0, 0.05) is 50.6 Å². The van der Waals surface area contributed by atoms with Crippen molar-refractivity contribution in [1.82, 2.24) is 14.9 Å². The number of aryl methyl sites for hydroxylation is 1. The largest absolute Gasteiger partial charge is 0.453 e. The average molecular weight is 616 g/mol. The quantitative estimate of drug-likeness (QED) is 0.168. The highest BCUT2D eigenvalue weighted by molar-refractivity contribution is 7.99. The lowest BCUT2D eigenvalue weighted by Gasteiger charge is -2.36. The van der Waals surface area contributed by atoms with E-state index in [-0.39, 0.29) is 24.7 Å². The van der Waals surface area contributed by atoms with Gasteiger partial charge in [-0.15, -0.1) is 0 Å².